The van der Waals surface area contributed by atoms with Crippen LogP contribution in [0.3, 0.4) is 0 Å². The number of esters is 1. The number of nitrogens with zero attached hydrogens (tertiary/aromatic N) is 8. The number of aryl methyl sites for hydroxylation is 4. The lowest BCUT2D eigenvalue weighted by molar-refractivity contribution is -0.146. The van der Waals surface area contributed by atoms with Crippen molar-refractivity contribution in [1.29, 1.82) is 0 Å². The Morgan fingerprint density at radius 2 is 1.20 bits per heavy atom. The van der Waals surface area contributed by atoms with Crippen LogP contribution in [0.25, 0.3) is 22.1 Å². The van der Waals surface area contributed by atoms with Gasteiger partial charge in [-0.15, -0.1) is 0 Å². The normalized spacial score (nSPS) is 12.8. The van der Waals surface area contributed by atoms with Crippen molar-refractivity contribution in [2.24, 2.45) is 33.1 Å². The number of imidazole rings is 2. The van der Waals surface area contributed by atoms with Crippen molar-refractivity contribution in [3.05, 3.63) is 93.7 Å². The number of rotatable bonds is 18. The van der Waals surface area contributed by atoms with Gasteiger partial charge in [-0.05, 0) is 70.0 Å². The van der Waals surface area contributed by atoms with Crippen LogP contribution in [-0.2, 0) is 35.7 Å². The maximum Gasteiger partial charge on any atom is 0.323 e. The van der Waals surface area contributed by atoms with Crippen LogP contribution in [0.2, 0.25) is 0 Å². The van der Waals surface area contributed by atoms with E-state index in [1.807, 2.05) is 27.7 Å². The van der Waals surface area contributed by atoms with E-state index in [1.165, 1.54) is 25.3 Å². The molecular formula is C43H53N13O8. The number of carbonyl (C=O) groups is 5. The summed E-state index contributed by atoms with van der Waals surface area (Å²) in [7, 11) is 1.45. The van der Waals surface area contributed by atoms with Crippen LogP contribution in [0, 0.1) is 19.8 Å². The summed E-state index contributed by atoms with van der Waals surface area (Å²) in [6, 6.07) is 8.62. The van der Waals surface area contributed by atoms with Crippen LogP contribution in [0.15, 0.2) is 58.5 Å². The van der Waals surface area contributed by atoms with E-state index in [2.05, 4.69) is 30.2 Å². The van der Waals surface area contributed by atoms with Crippen molar-refractivity contribution in [1.82, 2.24) is 38.7 Å². The Labute approximate surface area is 366 Å². The van der Waals surface area contributed by atoms with Crippen molar-refractivity contribution in [2.75, 3.05) is 20.3 Å². The minimum absolute atomic E-state index is 0.0370. The number of hydrogen-bond acceptors (Lipinski definition) is 11. The zero-order chi connectivity index (χ0) is 46.4. The molecule has 6 rings (SSSR count). The molecule has 0 unspecified atom stereocenters. The molecule has 338 valence electrons. The average Bonchev–Trinajstić information content (AvgIpc) is 4.03. The summed E-state index contributed by atoms with van der Waals surface area (Å²) >= 11 is 0. The smallest absolute Gasteiger partial charge is 0.323 e. The summed E-state index contributed by atoms with van der Waals surface area (Å²) in [6.07, 6.45) is 3.90. The van der Waals surface area contributed by atoms with Gasteiger partial charge in [-0.3, -0.25) is 33.3 Å². The van der Waals surface area contributed by atoms with E-state index in [1.54, 1.807) is 62.7 Å². The quantitative estimate of drug-likeness (QED) is 0.0475. The highest BCUT2D eigenvalue weighted by Gasteiger charge is 2.21. The summed E-state index contributed by atoms with van der Waals surface area (Å²) in [5.41, 5.74) is 21.5. The molecule has 0 aliphatic carbocycles. The minimum atomic E-state index is -0.764. The van der Waals surface area contributed by atoms with Crippen molar-refractivity contribution in [2.45, 2.75) is 80.2 Å². The highest BCUT2D eigenvalue weighted by Crippen LogP contribution is 2.28. The van der Waals surface area contributed by atoms with Gasteiger partial charge in [0.1, 0.15) is 40.0 Å². The van der Waals surface area contributed by atoms with Gasteiger partial charge >= 0.3 is 5.97 Å². The Morgan fingerprint density at radius 3 is 1.64 bits per heavy atom. The monoisotopic (exact) mass is 879 g/mol. The molecule has 0 saturated carbocycles. The Kier molecular flexibility index (Phi) is 14.1. The van der Waals surface area contributed by atoms with E-state index >= 15 is 0 Å². The Hall–Kier alpha value is -7.55. The maximum atomic E-state index is 13.8. The molecule has 1 atom stereocenters. The third-order valence-corrected chi connectivity index (χ3v) is 10.3. The number of aromatic amines is 2. The van der Waals surface area contributed by atoms with Gasteiger partial charge in [0.05, 0.1) is 42.7 Å². The van der Waals surface area contributed by atoms with E-state index in [4.69, 9.17) is 31.4 Å². The lowest BCUT2D eigenvalue weighted by Gasteiger charge is -2.15. The molecule has 64 heavy (non-hydrogen) atoms. The molecule has 0 saturated heterocycles. The largest absolute Gasteiger partial charge is 0.494 e. The van der Waals surface area contributed by atoms with Gasteiger partial charge in [-0.1, -0.05) is 26.0 Å². The number of nitrogens with two attached hydrogens (primary N) is 3. The molecule has 21 nitrogen and oxygen atoms in total. The number of fused-ring (bicyclic) bond motifs is 2. The number of aromatic nitrogens is 8. The zero-order valence-corrected chi connectivity index (χ0v) is 36.8. The number of amides is 4. The number of allylic oxidation sites excluding steroid dienone is 2. The van der Waals surface area contributed by atoms with E-state index < -0.39 is 35.6 Å². The number of carbonyl (C=O) groups excluding carboxylic acids is 5. The van der Waals surface area contributed by atoms with Crippen molar-refractivity contribution < 1.29 is 38.2 Å². The highest BCUT2D eigenvalue weighted by molar-refractivity contribution is 5.99. The van der Waals surface area contributed by atoms with Crippen LogP contribution in [0.1, 0.15) is 87.2 Å². The first-order chi connectivity index (χ1) is 30.5. The molecule has 8 N–H and O–H groups in total. The molecule has 0 aliphatic heterocycles. The summed E-state index contributed by atoms with van der Waals surface area (Å²) in [5, 5.41) is 8.77. The molecule has 4 heterocycles. The SMILES string of the molecule is CCn1nc(C)cc1C(=O)/N=c1/[nH]c2cc(C(N)=O)cc(OC)c2n1C/C=C/Cn1/c(=N/C(=O)c2cc(C)nn2CC)[nH]c2cc(C(N)=O)cc(OCCCOC(=O)[C@@H](N)C(C)C)c21. The first-order valence-electron chi connectivity index (χ1n) is 20.7. The fourth-order valence-electron chi connectivity index (χ4n) is 7.00. The average molecular weight is 880 g/mol. The number of methoxy groups -OCH3 is 1. The number of ether oxygens (including phenoxy) is 3. The summed E-state index contributed by atoms with van der Waals surface area (Å²) in [4.78, 5) is 79.7. The standard InChI is InChI=1S/C43H53N13O8/c1-8-55-30(17-24(5)51-55)39(59)49-42-47-28-19-26(37(45)57)21-32(62-7)35(28)53(42)13-10-11-14-54-36-29(48-43(54)50-40(60)31-18-25(6)52-56(31)9-2)20-27(38(46)58)22-33(36)63-15-12-16-64-41(61)34(44)23(3)4/h10-11,17-23,34H,8-9,12-16,44H2,1-7H3,(H2,45,57)(H2,46,58)(H,47,49,59)(H,48,50,60)/b11-10+/t34-/m0/s1. The van der Waals surface area contributed by atoms with Crippen LogP contribution < -0.4 is 37.9 Å². The predicted molar refractivity (Wildman–Crippen MR) is 234 cm³/mol. The molecule has 0 spiro atoms. The second kappa shape index (κ2) is 19.7. The fraction of sp³-hybridized carbons (Fsp3) is 0.372. The second-order valence-electron chi connectivity index (χ2n) is 15.2. The Balaban J connectivity index is 1.43. The van der Waals surface area contributed by atoms with E-state index in [0.717, 1.165) is 0 Å². The number of nitrogens with one attached hydrogen (secondary N) is 2. The van der Waals surface area contributed by atoms with E-state index in [0.29, 0.717) is 58.7 Å². The van der Waals surface area contributed by atoms with Gasteiger partial charge in [-0.2, -0.15) is 20.2 Å². The van der Waals surface area contributed by atoms with Crippen LogP contribution in [-0.4, -0.2) is 94.6 Å². The van der Waals surface area contributed by atoms with Crippen molar-refractivity contribution in [3.8, 4) is 11.5 Å². The molecule has 6 aromatic rings. The third-order valence-electron chi connectivity index (χ3n) is 10.3. The van der Waals surface area contributed by atoms with Gasteiger partial charge < -0.3 is 50.5 Å². The maximum absolute atomic E-state index is 13.8. The topological polar surface area (TPSA) is 293 Å². The summed E-state index contributed by atoms with van der Waals surface area (Å²) < 4.78 is 23.8. The zero-order valence-electron chi connectivity index (χ0n) is 36.8. The Bertz CT molecular complexity index is 2940. The van der Waals surface area contributed by atoms with Crippen LogP contribution >= 0.6 is 0 Å². The first kappa shape index (κ1) is 46.0. The number of primary amides is 2. The predicted octanol–water partition coefficient (Wildman–Crippen LogP) is 2.54. The van der Waals surface area contributed by atoms with Crippen molar-refractivity contribution >= 4 is 51.7 Å². The third kappa shape index (κ3) is 9.88. The Morgan fingerprint density at radius 1 is 0.734 bits per heavy atom. The lowest BCUT2D eigenvalue weighted by atomic mass is 10.1. The molecule has 4 aromatic heterocycles. The van der Waals surface area contributed by atoms with Crippen LogP contribution in [0.5, 0.6) is 11.5 Å². The summed E-state index contributed by atoms with van der Waals surface area (Å²) in [5.74, 6) is -2.59. The highest BCUT2D eigenvalue weighted by atomic mass is 16.5. The summed E-state index contributed by atoms with van der Waals surface area (Å²) in [6.45, 7) is 12.1. The minimum Gasteiger partial charge on any atom is -0.494 e. The molecule has 0 aliphatic rings. The second-order valence-corrected chi connectivity index (χ2v) is 15.2. The lowest BCUT2D eigenvalue weighted by Crippen LogP contribution is -2.37. The van der Waals surface area contributed by atoms with Gasteiger partial charge in [0, 0.05) is 43.7 Å². The van der Waals surface area contributed by atoms with Gasteiger partial charge in [0.2, 0.25) is 23.1 Å². The molecule has 2 aromatic carbocycles. The number of hydrogen-bond donors (Lipinski definition) is 5. The van der Waals surface area contributed by atoms with E-state index in [-0.39, 0.29) is 71.7 Å². The molecule has 0 fully saturated rings. The molecular weight excluding hydrogens is 827 g/mol. The van der Waals surface area contributed by atoms with Gasteiger partial charge in [0.15, 0.2) is 0 Å². The van der Waals surface area contributed by atoms with E-state index in [9.17, 15) is 24.0 Å². The first-order valence-corrected chi connectivity index (χ1v) is 20.7. The number of H-pyrrole nitrogens is 2. The molecule has 0 radical (unpaired) electrons. The van der Waals surface area contributed by atoms with Gasteiger partial charge in [-0.25, -0.2) is 0 Å². The van der Waals surface area contributed by atoms with Gasteiger partial charge in [0.25, 0.3) is 11.8 Å². The fourth-order valence-corrected chi connectivity index (χ4v) is 7.00. The molecule has 0 bridgehead atoms. The van der Waals surface area contributed by atoms with Crippen LogP contribution in [0.4, 0.5) is 0 Å². The number of benzene rings is 2. The molecule has 4 amide bonds. The van der Waals surface area contributed by atoms with Crippen molar-refractivity contribution in [3.63, 3.8) is 0 Å². The molecule has 21 heteroatoms.